The molecule has 0 bridgehead atoms. The van der Waals surface area contributed by atoms with Crippen molar-refractivity contribution < 1.29 is 18.3 Å². The van der Waals surface area contributed by atoms with Crippen LogP contribution in [0.4, 0.5) is 14.5 Å². The molecule has 1 N–H and O–H groups in total. The van der Waals surface area contributed by atoms with Crippen LogP contribution in [-0.2, 0) is 4.79 Å². The van der Waals surface area contributed by atoms with Crippen molar-refractivity contribution in [3.8, 4) is 5.75 Å². The average Bonchev–Trinajstić information content (AvgIpc) is 2.48. The largest absolute Gasteiger partial charge is 0.435 e. The first-order valence-electron chi connectivity index (χ1n) is 6.64. The number of hydrogen-bond acceptors (Lipinski definition) is 2. The van der Waals surface area contributed by atoms with Crippen molar-refractivity contribution >= 4 is 17.7 Å². The molecule has 0 unspecified atom stereocenters. The van der Waals surface area contributed by atoms with Crippen LogP contribution in [0.1, 0.15) is 11.1 Å². The summed E-state index contributed by atoms with van der Waals surface area (Å²) in [6, 6.07) is 13.5. The molecule has 0 heterocycles. The molecular formula is C17H15F2NO2. The number of ether oxygens (including phenoxy) is 1. The quantitative estimate of drug-likeness (QED) is 0.839. The number of aryl methyl sites for hydroxylation is 1. The van der Waals surface area contributed by atoms with E-state index in [9.17, 15) is 13.6 Å². The molecule has 0 spiro atoms. The van der Waals surface area contributed by atoms with Gasteiger partial charge in [0.15, 0.2) is 0 Å². The fraction of sp³-hybridized carbons (Fsp3) is 0.118. The molecule has 2 aromatic carbocycles. The molecule has 2 aromatic rings. The third-order valence-corrected chi connectivity index (χ3v) is 2.94. The van der Waals surface area contributed by atoms with Gasteiger partial charge in [-0.1, -0.05) is 30.3 Å². The molecule has 0 atom stereocenters. The van der Waals surface area contributed by atoms with Gasteiger partial charge in [-0.2, -0.15) is 8.78 Å². The molecule has 0 aliphatic carbocycles. The Morgan fingerprint density at radius 3 is 2.45 bits per heavy atom. The molecule has 0 aliphatic heterocycles. The molecule has 3 nitrogen and oxygen atoms in total. The predicted octanol–water partition coefficient (Wildman–Crippen LogP) is 4.25. The maximum atomic E-state index is 12.0. The van der Waals surface area contributed by atoms with Crippen molar-refractivity contribution in [2.24, 2.45) is 0 Å². The fourth-order valence-electron chi connectivity index (χ4n) is 1.82. The number of amides is 1. The summed E-state index contributed by atoms with van der Waals surface area (Å²) in [6.07, 6.45) is 2.98. The lowest BCUT2D eigenvalue weighted by Gasteiger charge is -2.05. The number of alkyl halides is 2. The van der Waals surface area contributed by atoms with E-state index in [0.29, 0.717) is 5.56 Å². The molecule has 22 heavy (non-hydrogen) atoms. The zero-order valence-electron chi connectivity index (χ0n) is 11.9. The highest BCUT2D eigenvalue weighted by Gasteiger charge is 2.03. The van der Waals surface area contributed by atoms with Crippen LogP contribution < -0.4 is 10.1 Å². The van der Waals surface area contributed by atoms with E-state index in [1.54, 1.807) is 18.2 Å². The van der Waals surface area contributed by atoms with Gasteiger partial charge in [0, 0.05) is 11.8 Å². The summed E-state index contributed by atoms with van der Waals surface area (Å²) in [7, 11) is 0. The Morgan fingerprint density at radius 1 is 1.14 bits per heavy atom. The Kier molecular flexibility index (Phi) is 5.25. The smallest absolute Gasteiger partial charge is 0.387 e. The van der Waals surface area contributed by atoms with Gasteiger partial charge in [0.2, 0.25) is 5.91 Å². The number of carbonyl (C=O) groups is 1. The van der Waals surface area contributed by atoms with Crippen LogP contribution in [0.2, 0.25) is 0 Å². The van der Waals surface area contributed by atoms with Crippen molar-refractivity contribution in [3.05, 3.63) is 65.7 Å². The van der Waals surface area contributed by atoms with Gasteiger partial charge in [0.1, 0.15) is 5.75 Å². The van der Waals surface area contributed by atoms with Crippen LogP contribution in [0.15, 0.2) is 54.6 Å². The first-order chi connectivity index (χ1) is 10.5. The highest BCUT2D eigenvalue weighted by molar-refractivity contribution is 6.02. The summed E-state index contributed by atoms with van der Waals surface area (Å²) in [5.41, 5.74) is 2.43. The van der Waals surface area contributed by atoms with E-state index < -0.39 is 6.61 Å². The van der Waals surface area contributed by atoms with E-state index in [1.165, 1.54) is 18.2 Å². The molecule has 114 valence electrons. The molecule has 0 aliphatic rings. The van der Waals surface area contributed by atoms with E-state index >= 15 is 0 Å². The Morgan fingerprint density at radius 2 is 1.82 bits per heavy atom. The van der Waals surface area contributed by atoms with Gasteiger partial charge in [-0.15, -0.1) is 0 Å². The summed E-state index contributed by atoms with van der Waals surface area (Å²) in [5.74, 6) is -0.182. The zero-order chi connectivity index (χ0) is 15.9. The summed E-state index contributed by atoms with van der Waals surface area (Å²) in [4.78, 5) is 11.8. The summed E-state index contributed by atoms with van der Waals surface area (Å²) in [6.45, 7) is -0.942. The molecule has 2 rings (SSSR count). The minimum absolute atomic E-state index is 0.0801. The number of hydrogen-bond donors (Lipinski definition) is 1. The molecule has 1 amide bonds. The number of anilines is 1. The standard InChI is InChI=1S/C17H15F2NO2/c1-12-4-2-3-5-15(12)20-16(21)11-8-13-6-9-14(10-7-13)22-17(18)19/h2-11,17H,1H3,(H,20,21)/b11-8+. The normalized spacial score (nSPS) is 10.9. The second-order valence-corrected chi connectivity index (χ2v) is 4.59. The lowest BCUT2D eigenvalue weighted by molar-refractivity contribution is -0.111. The minimum atomic E-state index is -2.85. The summed E-state index contributed by atoms with van der Waals surface area (Å²) >= 11 is 0. The lowest BCUT2D eigenvalue weighted by Crippen LogP contribution is -2.08. The summed E-state index contributed by atoms with van der Waals surface area (Å²) < 4.78 is 28.3. The molecule has 0 saturated carbocycles. The number of benzene rings is 2. The second-order valence-electron chi connectivity index (χ2n) is 4.59. The predicted molar refractivity (Wildman–Crippen MR) is 81.9 cm³/mol. The first-order valence-corrected chi connectivity index (χ1v) is 6.64. The Bertz CT molecular complexity index is 667. The lowest BCUT2D eigenvalue weighted by atomic mass is 10.2. The van der Waals surface area contributed by atoms with E-state index in [0.717, 1.165) is 11.3 Å². The third kappa shape index (κ3) is 4.70. The van der Waals surface area contributed by atoms with Crippen LogP contribution >= 0.6 is 0 Å². The fourth-order valence-corrected chi connectivity index (χ4v) is 1.82. The van der Waals surface area contributed by atoms with Crippen LogP contribution in [0.25, 0.3) is 6.08 Å². The monoisotopic (exact) mass is 303 g/mol. The van der Waals surface area contributed by atoms with Gasteiger partial charge in [0.25, 0.3) is 0 Å². The number of carbonyl (C=O) groups excluding carboxylic acids is 1. The Labute approximate surface area is 127 Å². The molecule has 0 radical (unpaired) electrons. The SMILES string of the molecule is Cc1ccccc1NC(=O)/C=C/c1ccc(OC(F)F)cc1. The highest BCUT2D eigenvalue weighted by Crippen LogP contribution is 2.16. The van der Waals surface area contributed by atoms with Crippen LogP contribution in [-0.4, -0.2) is 12.5 Å². The molecule has 0 fully saturated rings. The third-order valence-electron chi connectivity index (χ3n) is 2.94. The molecule has 0 aromatic heterocycles. The van der Waals surface area contributed by atoms with Crippen LogP contribution in [0, 0.1) is 6.92 Å². The van der Waals surface area contributed by atoms with Crippen LogP contribution in [0.3, 0.4) is 0 Å². The van der Waals surface area contributed by atoms with E-state index in [-0.39, 0.29) is 11.7 Å². The number of para-hydroxylation sites is 1. The van der Waals surface area contributed by atoms with E-state index in [1.807, 2.05) is 31.2 Å². The summed E-state index contributed by atoms with van der Waals surface area (Å²) in [5, 5.41) is 2.77. The second kappa shape index (κ2) is 7.36. The first kappa shape index (κ1) is 15.7. The number of rotatable bonds is 5. The van der Waals surface area contributed by atoms with Gasteiger partial charge in [-0.05, 0) is 42.3 Å². The average molecular weight is 303 g/mol. The van der Waals surface area contributed by atoms with Gasteiger partial charge < -0.3 is 10.1 Å². The van der Waals surface area contributed by atoms with E-state index in [4.69, 9.17) is 0 Å². The van der Waals surface area contributed by atoms with Crippen LogP contribution in [0.5, 0.6) is 5.75 Å². The Hall–Kier alpha value is -2.69. The van der Waals surface area contributed by atoms with Gasteiger partial charge >= 0.3 is 6.61 Å². The van der Waals surface area contributed by atoms with Gasteiger partial charge in [-0.3, -0.25) is 4.79 Å². The molecule has 5 heteroatoms. The van der Waals surface area contributed by atoms with Crippen molar-refractivity contribution in [3.63, 3.8) is 0 Å². The molecular weight excluding hydrogens is 288 g/mol. The minimum Gasteiger partial charge on any atom is -0.435 e. The molecule has 0 saturated heterocycles. The highest BCUT2D eigenvalue weighted by atomic mass is 19.3. The van der Waals surface area contributed by atoms with E-state index in [2.05, 4.69) is 10.1 Å². The van der Waals surface area contributed by atoms with Crippen molar-refractivity contribution in [1.29, 1.82) is 0 Å². The Balaban J connectivity index is 1.96. The van der Waals surface area contributed by atoms with Gasteiger partial charge in [-0.25, -0.2) is 0 Å². The number of halogens is 2. The van der Waals surface area contributed by atoms with Crippen molar-refractivity contribution in [2.45, 2.75) is 13.5 Å². The topological polar surface area (TPSA) is 38.3 Å². The zero-order valence-corrected chi connectivity index (χ0v) is 11.9. The number of nitrogens with one attached hydrogen (secondary N) is 1. The van der Waals surface area contributed by atoms with Gasteiger partial charge in [0.05, 0.1) is 0 Å². The maximum absolute atomic E-state index is 12.0. The maximum Gasteiger partial charge on any atom is 0.387 e. The van der Waals surface area contributed by atoms with Crippen molar-refractivity contribution in [2.75, 3.05) is 5.32 Å². The van der Waals surface area contributed by atoms with Crippen molar-refractivity contribution in [1.82, 2.24) is 0 Å².